The SMILES string of the molecule is CC1(C)c2ccccc2-c2c1c1c3ccccc3n(-c3nc(-c4ccccc4)nc(-c4ccc(C#N)cc4)n3)c1c1c3ccccc3n(-c3ccccc3)c21. The maximum Gasteiger partial charge on any atom is 0.238 e. The molecule has 10 aromatic rings. The van der Waals surface area contributed by atoms with E-state index in [1.54, 1.807) is 0 Å². The lowest BCUT2D eigenvalue weighted by Gasteiger charge is -2.23. The molecule has 1 aliphatic carbocycles. The third kappa shape index (κ3) is 4.38. The lowest BCUT2D eigenvalue weighted by molar-refractivity contribution is 0.667. The summed E-state index contributed by atoms with van der Waals surface area (Å²) < 4.78 is 4.73. The zero-order chi connectivity index (χ0) is 36.8. The maximum absolute atomic E-state index is 9.56. The highest BCUT2D eigenvalue weighted by molar-refractivity contribution is 6.31. The number of hydrogen-bond acceptors (Lipinski definition) is 4. The van der Waals surface area contributed by atoms with Crippen molar-refractivity contribution in [3.05, 3.63) is 174 Å². The van der Waals surface area contributed by atoms with Crippen molar-refractivity contribution < 1.29 is 0 Å². The minimum absolute atomic E-state index is 0.312. The van der Waals surface area contributed by atoms with Crippen LogP contribution in [0, 0.1) is 11.3 Å². The molecule has 0 aliphatic heterocycles. The molecule has 6 nitrogen and oxygen atoms in total. The average Bonchev–Trinajstić information content (AvgIpc) is 3.85. The van der Waals surface area contributed by atoms with Crippen molar-refractivity contribution in [3.63, 3.8) is 0 Å². The van der Waals surface area contributed by atoms with Gasteiger partial charge in [-0.05, 0) is 65.2 Å². The molecule has 0 unspecified atom stereocenters. The number of fused-ring (bicyclic) bond motifs is 12. The van der Waals surface area contributed by atoms with Crippen LogP contribution in [0.4, 0.5) is 0 Å². The summed E-state index contributed by atoms with van der Waals surface area (Å²) in [5.74, 6) is 1.65. The molecule has 258 valence electrons. The van der Waals surface area contributed by atoms with Gasteiger partial charge >= 0.3 is 0 Å². The van der Waals surface area contributed by atoms with Crippen LogP contribution in [-0.2, 0) is 5.41 Å². The molecule has 0 amide bonds. The monoisotopic (exact) mass is 704 g/mol. The highest BCUT2D eigenvalue weighted by atomic mass is 15.2. The summed E-state index contributed by atoms with van der Waals surface area (Å²) in [6, 6.07) is 56.8. The smallest absolute Gasteiger partial charge is 0.238 e. The summed E-state index contributed by atoms with van der Waals surface area (Å²) >= 11 is 0. The first-order valence-corrected chi connectivity index (χ1v) is 18.5. The molecule has 0 atom stereocenters. The zero-order valence-corrected chi connectivity index (χ0v) is 30.2. The van der Waals surface area contributed by atoms with E-state index in [4.69, 9.17) is 15.0 Å². The Morgan fingerprint density at radius 2 is 1.09 bits per heavy atom. The van der Waals surface area contributed by atoms with Gasteiger partial charge in [-0.2, -0.15) is 15.2 Å². The van der Waals surface area contributed by atoms with E-state index in [2.05, 4.69) is 132 Å². The molecule has 0 bridgehead atoms. The van der Waals surface area contributed by atoms with E-state index in [-0.39, 0.29) is 5.41 Å². The molecule has 6 heteroatoms. The number of nitrogens with zero attached hydrogens (tertiary/aromatic N) is 6. The minimum Gasteiger partial charge on any atom is -0.309 e. The van der Waals surface area contributed by atoms with Gasteiger partial charge in [0.1, 0.15) is 0 Å². The molecule has 3 aromatic heterocycles. The molecule has 7 aromatic carbocycles. The molecule has 1 aliphatic rings. The van der Waals surface area contributed by atoms with Crippen LogP contribution in [0.1, 0.15) is 30.5 Å². The third-order valence-corrected chi connectivity index (χ3v) is 11.4. The van der Waals surface area contributed by atoms with E-state index in [9.17, 15) is 5.26 Å². The maximum atomic E-state index is 9.56. The van der Waals surface area contributed by atoms with Gasteiger partial charge in [-0.1, -0.05) is 123 Å². The predicted molar refractivity (Wildman–Crippen MR) is 222 cm³/mol. The van der Waals surface area contributed by atoms with E-state index in [0.717, 1.165) is 49.5 Å². The van der Waals surface area contributed by atoms with E-state index < -0.39 is 0 Å². The van der Waals surface area contributed by atoms with Gasteiger partial charge in [0.25, 0.3) is 0 Å². The number of para-hydroxylation sites is 3. The molecule has 0 N–H and O–H groups in total. The molecular formula is C49H32N6. The summed E-state index contributed by atoms with van der Waals surface area (Å²) in [6.07, 6.45) is 0. The fourth-order valence-corrected chi connectivity index (χ4v) is 9.01. The van der Waals surface area contributed by atoms with E-state index in [0.29, 0.717) is 23.2 Å². The van der Waals surface area contributed by atoms with Crippen molar-refractivity contribution in [2.75, 3.05) is 0 Å². The summed E-state index contributed by atoms with van der Waals surface area (Å²) in [7, 11) is 0. The molecule has 0 radical (unpaired) electrons. The summed E-state index contributed by atoms with van der Waals surface area (Å²) in [5.41, 5.74) is 12.6. The lowest BCUT2D eigenvalue weighted by atomic mass is 9.80. The van der Waals surface area contributed by atoms with Crippen LogP contribution in [0.25, 0.3) is 89.2 Å². The summed E-state index contributed by atoms with van der Waals surface area (Å²) in [5, 5.41) is 14.2. The number of aromatic nitrogens is 5. The Morgan fingerprint density at radius 1 is 0.527 bits per heavy atom. The third-order valence-electron chi connectivity index (χ3n) is 11.4. The molecule has 11 rings (SSSR count). The molecule has 0 fully saturated rings. The van der Waals surface area contributed by atoms with Crippen molar-refractivity contribution in [2.24, 2.45) is 0 Å². The summed E-state index contributed by atoms with van der Waals surface area (Å²) in [6.45, 7) is 4.73. The van der Waals surface area contributed by atoms with Gasteiger partial charge in [-0.25, -0.2) is 4.98 Å². The van der Waals surface area contributed by atoms with Gasteiger partial charge < -0.3 is 4.57 Å². The Labute approximate surface area is 317 Å². The number of hydrogen-bond donors (Lipinski definition) is 0. The van der Waals surface area contributed by atoms with Crippen LogP contribution in [0.5, 0.6) is 0 Å². The summed E-state index contributed by atoms with van der Waals surface area (Å²) in [4.78, 5) is 15.6. The first kappa shape index (κ1) is 31.2. The van der Waals surface area contributed by atoms with Crippen molar-refractivity contribution >= 4 is 43.6 Å². The second-order valence-electron chi connectivity index (χ2n) is 14.7. The Kier molecular flexibility index (Phi) is 6.56. The highest BCUT2D eigenvalue weighted by Gasteiger charge is 2.41. The fraction of sp³-hybridized carbons (Fsp3) is 0.0612. The molecule has 0 spiro atoms. The van der Waals surface area contributed by atoms with Crippen LogP contribution in [0.15, 0.2) is 158 Å². The van der Waals surface area contributed by atoms with Crippen LogP contribution in [-0.4, -0.2) is 24.1 Å². The quantitative estimate of drug-likeness (QED) is 0.183. The highest BCUT2D eigenvalue weighted by Crippen LogP contribution is 2.58. The average molecular weight is 705 g/mol. The van der Waals surface area contributed by atoms with E-state index in [1.165, 1.54) is 33.2 Å². The molecular weight excluding hydrogens is 673 g/mol. The normalized spacial score (nSPS) is 13.0. The Hall–Kier alpha value is -7.36. The van der Waals surface area contributed by atoms with Crippen molar-refractivity contribution in [3.8, 4) is 51.6 Å². The van der Waals surface area contributed by atoms with E-state index >= 15 is 0 Å². The Balaban J connectivity index is 1.38. The standard InChI is InChI=1S/C49H32N6/c1-49(2)37-22-12-9-19-34(37)40-43(49)41-35-20-10-14-24-39(35)55(45(41)42-36-21-11-13-23-38(36)54(44(40)42)33-17-7-4-8-18-33)48-52-46(31-15-5-3-6-16-31)51-47(53-48)32-27-25-30(29-50)26-28-32/h3-28H,1-2H3. The van der Waals surface area contributed by atoms with Gasteiger partial charge in [0.2, 0.25) is 5.95 Å². The largest absolute Gasteiger partial charge is 0.309 e. The zero-order valence-electron chi connectivity index (χ0n) is 30.2. The Bertz CT molecular complexity index is 3220. The predicted octanol–water partition coefficient (Wildman–Crippen LogP) is 11.6. The van der Waals surface area contributed by atoms with Gasteiger partial charge in [-0.3, -0.25) is 4.57 Å². The fourth-order valence-electron chi connectivity index (χ4n) is 9.01. The first-order valence-electron chi connectivity index (χ1n) is 18.5. The minimum atomic E-state index is -0.312. The molecule has 0 saturated carbocycles. The van der Waals surface area contributed by atoms with Gasteiger partial charge in [0.15, 0.2) is 11.6 Å². The molecule has 3 heterocycles. The Morgan fingerprint density at radius 3 is 1.78 bits per heavy atom. The number of nitriles is 1. The second kappa shape index (κ2) is 11.6. The van der Waals surface area contributed by atoms with Crippen LogP contribution in [0.2, 0.25) is 0 Å². The molecule has 0 saturated heterocycles. The van der Waals surface area contributed by atoms with Crippen molar-refractivity contribution in [1.29, 1.82) is 5.26 Å². The van der Waals surface area contributed by atoms with Crippen LogP contribution >= 0.6 is 0 Å². The van der Waals surface area contributed by atoms with E-state index in [1.807, 2.05) is 54.6 Å². The van der Waals surface area contributed by atoms with Crippen molar-refractivity contribution in [1.82, 2.24) is 24.1 Å². The van der Waals surface area contributed by atoms with Gasteiger partial charge in [0, 0.05) is 49.3 Å². The lowest BCUT2D eigenvalue weighted by Crippen LogP contribution is -2.15. The van der Waals surface area contributed by atoms with Gasteiger partial charge in [-0.15, -0.1) is 0 Å². The second-order valence-corrected chi connectivity index (χ2v) is 14.7. The molecule has 55 heavy (non-hydrogen) atoms. The number of rotatable bonds is 4. The first-order chi connectivity index (χ1) is 27.0. The topological polar surface area (TPSA) is 72.3 Å². The van der Waals surface area contributed by atoms with Crippen molar-refractivity contribution in [2.45, 2.75) is 19.3 Å². The number of benzene rings is 7. The van der Waals surface area contributed by atoms with Gasteiger partial charge in [0.05, 0.1) is 33.7 Å². The van der Waals surface area contributed by atoms with Crippen LogP contribution in [0.3, 0.4) is 0 Å². The van der Waals surface area contributed by atoms with Crippen LogP contribution < -0.4 is 0 Å².